The maximum atomic E-state index is 12.1. The molecule has 0 saturated heterocycles. The van der Waals surface area contributed by atoms with Gasteiger partial charge in [-0.25, -0.2) is 0 Å². The van der Waals surface area contributed by atoms with Crippen molar-refractivity contribution in [3.63, 3.8) is 0 Å². The van der Waals surface area contributed by atoms with Gasteiger partial charge in [0.25, 0.3) is 0 Å². The molecule has 0 saturated carbocycles. The van der Waals surface area contributed by atoms with Crippen LogP contribution in [0, 0.1) is 9.93 Å². The van der Waals surface area contributed by atoms with Gasteiger partial charge in [0.15, 0.2) is 17.3 Å². The third-order valence-electron chi connectivity index (χ3n) is 3.17. The molecular weight excluding hydrogens is 324 g/mol. The minimum atomic E-state index is -0.888. The van der Waals surface area contributed by atoms with Gasteiger partial charge in [0, 0.05) is 27.6 Å². The number of phenolic OH excluding ortho intramolecular Hbond substituents is 4. The molecule has 0 aliphatic heterocycles. The van der Waals surface area contributed by atoms with Gasteiger partial charge in [0.05, 0.1) is 0 Å². The van der Waals surface area contributed by atoms with Gasteiger partial charge in [-0.3, -0.25) is 4.79 Å². The standard InChI is InChI=1S/C15H10O7.O2/c16-7-4-10(19)12-11(5-7)22-15(14(21)13(12)20)6-1-2-8(17)9(18)3-6;1-2/h1-5,16-19,21H;. The lowest BCUT2D eigenvalue weighted by molar-refractivity contribution is 0.403. The summed E-state index contributed by atoms with van der Waals surface area (Å²) in [7, 11) is 0. The molecule has 0 radical (unpaired) electrons. The van der Waals surface area contributed by atoms with Crippen molar-refractivity contribution in [3.05, 3.63) is 50.5 Å². The van der Waals surface area contributed by atoms with E-state index in [1.54, 1.807) is 0 Å². The fraction of sp³-hybridized carbons (Fsp3) is 0. The average molecular weight is 334 g/mol. The van der Waals surface area contributed by atoms with Crippen molar-refractivity contribution in [1.82, 2.24) is 0 Å². The first kappa shape index (κ1) is 16.6. The summed E-state index contributed by atoms with van der Waals surface area (Å²) in [5.74, 6) is -2.71. The van der Waals surface area contributed by atoms with Crippen LogP contribution in [0.25, 0.3) is 22.3 Å². The van der Waals surface area contributed by atoms with Crippen molar-refractivity contribution >= 4 is 11.0 Å². The van der Waals surface area contributed by atoms with Crippen LogP contribution in [0.2, 0.25) is 0 Å². The molecule has 124 valence electrons. The molecule has 0 unspecified atom stereocenters. The van der Waals surface area contributed by atoms with Crippen molar-refractivity contribution in [1.29, 1.82) is 0 Å². The predicted molar refractivity (Wildman–Crippen MR) is 83.0 cm³/mol. The van der Waals surface area contributed by atoms with Crippen LogP contribution < -0.4 is 5.43 Å². The molecule has 24 heavy (non-hydrogen) atoms. The zero-order chi connectivity index (χ0) is 18.0. The number of hydrogen-bond donors (Lipinski definition) is 5. The summed E-state index contributed by atoms with van der Waals surface area (Å²) in [6, 6.07) is 5.64. The molecule has 0 fully saturated rings. The van der Waals surface area contributed by atoms with Gasteiger partial charge in [0.1, 0.15) is 22.5 Å². The Labute approximate surface area is 132 Å². The quantitative estimate of drug-likeness (QED) is 0.418. The smallest absolute Gasteiger partial charge is 0.238 e. The summed E-state index contributed by atoms with van der Waals surface area (Å²) >= 11 is 0. The number of benzene rings is 2. The van der Waals surface area contributed by atoms with Gasteiger partial charge in [-0.1, -0.05) is 0 Å². The Hall–Kier alpha value is -3.75. The molecule has 5 N–H and O–H groups in total. The SMILES string of the molecule is O=O.O=c1c(O)c(-c2ccc(O)c(O)c2)oc2cc(O)cc(O)c12. The molecule has 0 spiro atoms. The lowest BCUT2D eigenvalue weighted by Crippen LogP contribution is -2.02. The second-order valence-corrected chi connectivity index (χ2v) is 4.65. The molecule has 2 aromatic carbocycles. The van der Waals surface area contributed by atoms with Crippen molar-refractivity contribution in [2.24, 2.45) is 0 Å². The Kier molecular flexibility index (Phi) is 4.27. The molecule has 9 heteroatoms. The molecule has 0 aliphatic carbocycles. The van der Waals surface area contributed by atoms with E-state index in [2.05, 4.69) is 0 Å². The van der Waals surface area contributed by atoms with Crippen LogP contribution in [0.3, 0.4) is 0 Å². The largest absolute Gasteiger partial charge is 0.508 e. The molecule has 1 aromatic heterocycles. The Bertz CT molecular complexity index is 975. The van der Waals surface area contributed by atoms with Gasteiger partial charge >= 0.3 is 0 Å². The number of hydrogen-bond acceptors (Lipinski definition) is 9. The number of aromatic hydroxyl groups is 5. The van der Waals surface area contributed by atoms with E-state index in [-0.39, 0.29) is 33.8 Å². The average Bonchev–Trinajstić information content (AvgIpc) is 2.55. The van der Waals surface area contributed by atoms with E-state index in [0.29, 0.717) is 0 Å². The first-order chi connectivity index (χ1) is 11.4. The summed E-state index contributed by atoms with van der Waals surface area (Å²) < 4.78 is 5.35. The van der Waals surface area contributed by atoms with E-state index in [1.165, 1.54) is 6.07 Å². The van der Waals surface area contributed by atoms with Gasteiger partial charge in [-0.2, -0.15) is 0 Å². The second-order valence-electron chi connectivity index (χ2n) is 4.65. The lowest BCUT2D eigenvalue weighted by Gasteiger charge is -2.08. The Morgan fingerprint density at radius 2 is 1.46 bits per heavy atom. The highest BCUT2D eigenvalue weighted by atomic mass is 16.7. The van der Waals surface area contributed by atoms with Crippen LogP contribution in [-0.2, 0) is 0 Å². The summed E-state index contributed by atoms with van der Waals surface area (Å²) in [5, 5.41) is 47.6. The maximum Gasteiger partial charge on any atom is 0.238 e. The van der Waals surface area contributed by atoms with Crippen molar-refractivity contribution < 1.29 is 29.9 Å². The fourth-order valence-corrected chi connectivity index (χ4v) is 2.14. The van der Waals surface area contributed by atoms with Crippen LogP contribution >= 0.6 is 0 Å². The van der Waals surface area contributed by atoms with E-state index < -0.39 is 22.7 Å². The Morgan fingerprint density at radius 1 is 0.792 bits per heavy atom. The molecule has 1 heterocycles. The molecule has 0 amide bonds. The van der Waals surface area contributed by atoms with Gasteiger partial charge < -0.3 is 29.9 Å². The second kappa shape index (κ2) is 6.16. The molecule has 0 bridgehead atoms. The topological polar surface area (TPSA) is 166 Å². The third kappa shape index (κ3) is 2.65. The monoisotopic (exact) mass is 334 g/mol. The zero-order valence-corrected chi connectivity index (χ0v) is 11.8. The van der Waals surface area contributed by atoms with E-state index in [4.69, 9.17) is 14.3 Å². The fourth-order valence-electron chi connectivity index (χ4n) is 2.14. The number of rotatable bonds is 1. The maximum absolute atomic E-state index is 12.1. The summed E-state index contributed by atoms with van der Waals surface area (Å²) in [6.07, 6.45) is 0. The molecule has 0 aliphatic rings. The highest BCUT2D eigenvalue weighted by Gasteiger charge is 2.19. The first-order valence-electron chi connectivity index (χ1n) is 6.29. The minimum Gasteiger partial charge on any atom is -0.508 e. The predicted octanol–water partition coefficient (Wildman–Crippen LogP) is 2.06. The van der Waals surface area contributed by atoms with Crippen LogP contribution in [0.4, 0.5) is 0 Å². The van der Waals surface area contributed by atoms with Gasteiger partial charge in [-0.05, 0) is 18.2 Å². The number of phenols is 4. The normalized spacial score (nSPS) is 10.2. The highest BCUT2D eigenvalue weighted by Crippen LogP contribution is 2.37. The summed E-state index contributed by atoms with van der Waals surface area (Å²) in [5.41, 5.74) is -0.890. The van der Waals surface area contributed by atoms with Crippen LogP contribution in [-0.4, -0.2) is 25.5 Å². The van der Waals surface area contributed by atoms with E-state index in [9.17, 15) is 30.3 Å². The summed E-state index contributed by atoms with van der Waals surface area (Å²) in [4.78, 5) is 26.1. The van der Waals surface area contributed by atoms with Gasteiger partial charge in [0.2, 0.25) is 11.2 Å². The van der Waals surface area contributed by atoms with Crippen molar-refractivity contribution in [2.45, 2.75) is 0 Å². The molecule has 0 atom stereocenters. The van der Waals surface area contributed by atoms with Crippen molar-refractivity contribution in [2.75, 3.05) is 0 Å². The van der Waals surface area contributed by atoms with E-state index in [1.807, 2.05) is 0 Å². The van der Waals surface area contributed by atoms with Crippen LogP contribution in [0.1, 0.15) is 0 Å². The summed E-state index contributed by atoms with van der Waals surface area (Å²) in [6.45, 7) is 0. The molecule has 3 aromatic rings. The van der Waals surface area contributed by atoms with Crippen LogP contribution in [0.15, 0.2) is 39.5 Å². The number of fused-ring (bicyclic) bond motifs is 1. The van der Waals surface area contributed by atoms with Crippen molar-refractivity contribution in [3.8, 4) is 40.1 Å². The molecular formula is C15H10O9. The Balaban J connectivity index is 0.00000100. The highest BCUT2D eigenvalue weighted by molar-refractivity contribution is 5.88. The third-order valence-corrected chi connectivity index (χ3v) is 3.17. The molecule has 9 nitrogen and oxygen atoms in total. The first-order valence-corrected chi connectivity index (χ1v) is 6.29. The Morgan fingerprint density at radius 3 is 2.08 bits per heavy atom. The van der Waals surface area contributed by atoms with E-state index in [0.717, 1.165) is 24.3 Å². The molecule has 3 rings (SSSR count). The minimum absolute atomic E-state index is 0.134. The van der Waals surface area contributed by atoms with E-state index >= 15 is 0 Å². The zero-order valence-electron chi connectivity index (χ0n) is 11.8. The van der Waals surface area contributed by atoms with Gasteiger partial charge in [-0.15, -0.1) is 0 Å². The lowest BCUT2D eigenvalue weighted by atomic mass is 10.1. The van der Waals surface area contributed by atoms with Crippen LogP contribution in [0.5, 0.6) is 28.7 Å².